The van der Waals surface area contributed by atoms with Gasteiger partial charge in [-0.3, -0.25) is 4.90 Å². The first kappa shape index (κ1) is 15.3. The van der Waals surface area contributed by atoms with Gasteiger partial charge in [-0.15, -0.1) is 0 Å². The molecule has 0 aliphatic carbocycles. The van der Waals surface area contributed by atoms with Crippen LogP contribution in [-0.2, 0) is 13.1 Å². The Kier molecular flexibility index (Phi) is 5.15. The molecule has 0 fully saturated rings. The molecule has 0 aliphatic heterocycles. The van der Waals surface area contributed by atoms with E-state index in [9.17, 15) is 4.39 Å². The maximum atomic E-state index is 13.6. The van der Waals surface area contributed by atoms with Crippen molar-refractivity contribution in [1.29, 1.82) is 0 Å². The van der Waals surface area contributed by atoms with Crippen LogP contribution in [0.1, 0.15) is 22.6 Å². The van der Waals surface area contributed by atoms with E-state index in [4.69, 9.17) is 9.52 Å². The Morgan fingerprint density at radius 3 is 2.71 bits per heavy atom. The van der Waals surface area contributed by atoms with Crippen molar-refractivity contribution >= 4 is 0 Å². The summed E-state index contributed by atoms with van der Waals surface area (Å²) >= 11 is 0. The van der Waals surface area contributed by atoms with Crippen LogP contribution in [0.4, 0.5) is 4.39 Å². The Morgan fingerprint density at radius 1 is 1.24 bits per heavy atom. The summed E-state index contributed by atoms with van der Waals surface area (Å²) in [6.07, 6.45) is 0. The fourth-order valence-corrected chi connectivity index (χ4v) is 2.16. The van der Waals surface area contributed by atoms with Crippen LogP contribution in [0.15, 0.2) is 34.7 Å². The first-order valence-electron chi connectivity index (χ1n) is 6.70. The van der Waals surface area contributed by atoms with Gasteiger partial charge in [-0.05, 0) is 49.9 Å². The van der Waals surface area contributed by atoms with Crippen molar-refractivity contribution < 1.29 is 13.9 Å². The van der Waals surface area contributed by atoms with Gasteiger partial charge >= 0.3 is 0 Å². The number of aliphatic hydroxyl groups excluding tert-OH is 1. The zero-order chi connectivity index (χ0) is 15.2. The molecule has 1 N–H and O–H groups in total. The lowest BCUT2D eigenvalue weighted by molar-refractivity contribution is 0.285. The molecule has 0 saturated heterocycles. The number of benzene rings is 1. The van der Waals surface area contributed by atoms with Crippen LogP contribution >= 0.6 is 0 Å². The van der Waals surface area contributed by atoms with Gasteiger partial charge in [0.2, 0.25) is 0 Å². The molecule has 21 heavy (non-hydrogen) atoms. The Hall–Kier alpha value is -2.09. The summed E-state index contributed by atoms with van der Waals surface area (Å²) < 4.78 is 19.1. The molecule has 3 nitrogen and oxygen atoms in total. The Labute approximate surface area is 124 Å². The highest BCUT2D eigenvalue weighted by Gasteiger charge is 2.07. The third-order valence-electron chi connectivity index (χ3n) is 2.94. The molecule has 0 bridgehead atoms. The third-order valence-corrected chi connectivity index (χ3v) is 2.94. The molecule has 0 atom stereocenters. The van der Waals surface area contributed by atoms with Gasteiger partial charge in [-0.2, -0.15) is 0 Å². The second kappa shape index (κ2) is 7.07. The SMILES string of the molecule is Cc1ccc(CN(C)Cc2cc(F)cc(C#CCO)c2)o1. The Bertz CT molecular complexity index is 667. The van der Waals surface area contributed by atoms with E-state index in [-0.39, 0.29) is 12.4 Å². The standard InChI is InChI=1S/C17H18FNO2/c1-13-5-6-17(21-13)12-19(2)11-15-8-14(4-3-7-20)9-16(18)10-15/h5-6,8-10,20H,7,11-12H2,1-2H3. The quantitative estimate of drug-likeness (QED) is 0.878. The van der Waals surface area contributed by atoms with Crippen molar-refractivity contribution in [1.82, 2.24) is 4.90 Å². The summed E-state index contributed by atoms with van der Waals surface area (Å²) in [6.45, 7) is 2.92. The monoisotopic (exact) mass is 287 g/mol. The first-order chi connectivity index (χ1) is 10.1. The summed E-state index contributed by atoms with van der Waals surface area (Å²) in [7, 11) is 1.95. The molecule has 1 heterocycles. The summed E-state index contributed by atoms with van der Waals surface area (Å²) in [6, 6.07) is 8.55. The maximum Gasteiger partial charge on any atom is 0.124 e. The average Bonchev–Trinajstić information content (AvgIpc) is 2.80. The molecule has 4 heteroatoms. The van der Waals surface area contributed by atoms with Gasteiger partial charge < -0.3 is 9.52 Å². The van der Waals surface area contributed by atoms with Crippen LogP contribution in [0.5, 0.6) is 0 Å². The zero-order valence-corrected chi connectivity index (χ0v) is 12.2. The zero-order valence-electron chi connectivity index (χ0n) is 12.2. The molecule has 0 amide bonds. The van der Waals surface area contributed by atoms with Gasteiger partial charge in [0, 0.05) is 12.1 Å². The molecular weight excluding hydrogens is 269 g/mol. The normalized spacial score (nSPS) is 10.5. The van der Waals surface area contributed by atoms with Crippen LogP contribution in [0.2, 0.25) is 0 Å². The molecule has 0 saturated carbocycles. The van der Waals surface area contributed by atoms with E-state index in [1.165, 1.54) is 12.1 Å². The summed E-state index contributed by atoms with van der Waals surface area (Å²) in [4.78, 5) is 2.04. The fourth-order valence-electron chi connectivity index (χ4n) is 2.16. The number of hydrogen-bond acceptors (Lipinski definition) is 3. The summed E-state index contributed by atoms with van der Waals surface area (Å²) in [5.41, 5.74) is 1.41. The van der Waals surface area contributed by atoms with E-state index in [2.05, 4.69) is 11.8 Å². The molecule has 1 aromatic heterocycles. The van der Waals surface area contributed by atoms with Crippen LogP contribution in [0, 0.1) is 24.6 Å². The minimum absolute atomic E-state index is 0.233. The lowest BCUT2D eigenvalue weighted by Crippen LogP contribution is -2.17. The number of halogens is 1. The van der Waals surface area contributed by atoms with E-state index in [0.29, 0.717) is 18.7 Å². The smallest absolute Gasteiger partial charge is 0.124 e. The highest BCUT2D eigenvalue weighted by Crippen LogP contribution is 2.13. The molecule has 0 spiro atoms. The van der Waals surface area contributed by atoms with Crippen molar-refractivity contribution in [3.05, 3.63) is 58.8 Å². The minimum atomic E-state index is -0.322. The van der Waals surface area contributed by atoms with Gasteiger partial charge in [0.25, 0.3) is 0 Å². The number of furan rings is 1. The maximum absolute atomic E-state index is 13.6. The third kappa shape index (κ3) is 4.75. The Balaban J connectivity index is 2.06. The van der Waals surface area contributed by atoms with Crippen molar-refractivity contribution in [2.75, 3.05) is 13.7 Å². The molecular formula is C17H18FNO2. The highest BCUT2D eigenvalue weighted by atomic mass is 19.1. The van der Waals surface area contributed by atoms with Crippen LogP contribution in [-0.4, -0.2) is 23.7 Å². The molecule has 0 unspecified atom stereocenters. The van der Waals surface area contributed by atoms with Crippen LogP contribution in [0.3, 0.4) is 0 Å². The number of rotatable bonds is 4. The van der Waals surface area contributed by atoms with Gasteiger partial charge in [0.1, 0.15) is 23.9 Å². The number of aryl methyl sites for hydroxylation is 1. The van der Waals surface area contributed by atoms with Crippen molar-refractivity contribution in [2.24, 2.45) is 0 Å². The lowest BCUT2D eigenvalue weighted by Gasteiger charge is -2.15. The van der Waals surface area contributed by atoms with Crippen molar-refractivity contribution in [3.8, 4) is 11.8 Å². The summed E-state index contributed by atoms with van der Waals surface area (Å²) in [5.74, 6) is 6.69. The lowest BCUT2D eigenvalue weighted by atomic mass is 10.1. The van der Waals surface area contributed by atoms with E-state index in [0.717, 1.165) is 17.1 Å². The molecule has 0 radical (unpaired) electrons. The first-order valence-corrected chi connectivity index (χ1v) is 6.70. The molecule has 2 aromatic rings. The summed E-state index contributed by atoms with van der Waals surface area (Å²) in [5, 5.41) is 8.69. The molecule has 1 aromatic carbocycles. The number of hydrogen-bond donors (Lipinski definition) is 1. The van der Waals surface area contributed by atoms with Gasteiger partial charge in [-0.25, -0.2) is 4.39 Å². The number of nitrogens with zero attached hydrogens (tertiary/aromatic N) is 1. The fraction of sp³-hybridized carbons (Fsp3) is 0.294. The van der Waals surface area contributed by atoms with Crippen LogP contribution < -0.4 is 0 Å². The van der Waals surface area contributed by atoms with Gasteiger partial charge in [-0.1, -0.05) is 11.8 Å². The van der Waals surface area contributed by atoms with E-state index in [1.807, 2.05) is 37.1 Å². The van der Waals surface area contributed by atoms with Gasteiger partial charge in [0.15, 0.2) is 0 Å². The minimum Gasteiger partial charge on any atom is -0.465 e. The highest BCUT2D eigenvalue weighted by molar-refractivity contribution is 5.37. The Morgan fingerprint density at radius 2 is 2.05 bits per heavy atom. The topological polar surface area (TPSA) is 36.6 Å². The second-order valence-corrected chi connectivity index (χ2v) is 4.99. The molecule has 2 rings (SSSR count). The second-order valence-electron chi connectivity index (χ2n) is 4.99. The molecule has 0 aliphatic rings. The van der Waals surface area contributed by atoms with E-state index in [1.54, 1.807) is 0 Å². The van der Waals surface area contributed by atoms with E-state index >= 15 is 0 Å². The predicted octanol–water partition coefficient (Wildman–Crippen LogP) is 2.70. The van der Waals surface area contributed by atoms with E-state index < -0.39 is 0 Å². The number of aliphatic hydroxyl groups is 1. The molecule has 110 valence electrons. The van der Waals surface area contributed by atoms with Crippen LogP contribution in [0.25, 0.3) is 0 Å². The average molecular weight is 287 g/mol. The predicted molar refractivity (Wildman–Crippen MR) is 79.0 cm³/mol. The van der Waals surface area contributed by atoms with Gasteiger partial charge in [0.05, 0.1) is 6.54 Å². The van der Waals surface area contributed by atoms with Crippen molar-refractivity contribution in [3.63, 3.8) is 0 Å². The van der Waals surface area contributed by atoms with Crippen molar-refractivity contribution in [2.45, 2.75) is 20.0 Å². The largest absolute Gasteiger partial charge is 0.465 e.